The van der Waals surface area contributed by atoms with Crippen molar-refractivity contribution in [1.29, 1.82) is 0 Å². The van der Waals surface area contributed by atoms with Crippen LogP contribution in [0.25, 0.3) is 27.5 Å². The number of allylic oxidation sites excluding steroid dienone is 3. The van der Waals surface area contributed by atoms with E-state index >= 15 is 0 Å². The quantitative estimate of drug-likeness (QED) is 0.342. The Labute approximate surface area is 155 Å². The largest absolute Gasteiger partial charge is 0.310 e. The molecule has 0 radical (unpaired) electrons. The van der Waals surface area contributed by atoms with Crippen molar-refractivity contribution in [2.45, 2.75) is 20.8 Å². The van der Waals surface area contributed by atoms with Crippen LogP contribution in [0.15, 0.2) is 91.5 Å². The molecule has 26 heavy (non-hydrogen) atoms. The zero-order valence-corrected chi connectivity index (χ0v) is 15.7. The Balaban J connectivity index is 0.000000206. The lowest BCUT2D eigenvalue weighted by Gasteiger charge is -2.06. The van der Waals surface area contributed by atoms with Crippen LogP contribution in [-0.4, -0.2) is 4.57 Å². The first-order valence-electron chi connectivity index (χ1n) is 8.96. The second-order valence-corrected chi connectivity index (χ2v) is 6.45. The number of rotatable bonds is 2. The molecule has 0 aliphatic rings. The summed E-state index contributed by atoms with van der Waals surface area (Å²) in [5.41, 5.74) is 6.15. The molecule has 0 N–H and O–H groups in total. The van der Waals surface area contributed by atoms with Crippen molar-refractivity contribution in [3.05, 3.63) is 103 Å². The molecule has 1 heteroatoms. The Morgan fingerprint density at radius 2 is 1.15 bits per heavy atom. The lowest BCUT2D eigenvalue weighted by Crippen LogP contribution is -1.92. The number of hydrogen-bond acceptors (Lipinski definition) is 0. The van der Waals surface area contributed by atoms with Gasteiger partial charge < -0.3 is 4.57 Å². The molecular formula is C25H25N. The van der Waals surface area contributed by atoms with Crippen LogP contribution < -0.4 is 0 Å². The van der Waals surface area contributed by atoms with Crippen molar-refractivity contribution in [2.75, 3.05) is 0 Å². The average Bonchev–Trinajstić information content (AvgIpc) is 3.00. The van der Waals surface area contributed by atoms with Gasteiger partial charge in [-0.3, -0.25) is 0 Å². The Morgan fingerprint density at radius 3 is 1.58 bits per heavy atom. The molecule has 4 aromatic rings. The maximum atomic E-state index is 4.16. The SMILES string of the molecule is C=C(/C=C/C)n1c2ccccc2c2ccccc21.Cc1ccccc1C. The highest BCUT2D eigenvalue weighted by molar-refractivity contribution is 6.10. The molecule has 0 saturated heterocycles. The molecule has 1 nitrogen and oxygen atoms in total. The normalized spacial score (nSPS) is 10.9. The first-order valence-corrected chi connectivity index (χ1v) is 8.96. The predicted molar refractivity (Wildman–Crippen MR) is 116 cm³/mol. The van der Waals surface area contributed by atoms with E-state index in [0.29, 0.717) is 0 Å². The van der Waals surface area contributed by atoms with Crippen molar-refractivity contribution >= 4 is 27.5 Å². The summed E-state index contributed by atoms with van der Waals surface area (Å²) in [6.45, 7) is 10.4. The van der Waals surface area contributed by atoms with E-state index < -0.39 is 0 Å². The van der Waals surface area contributed by atoms with Gasteiger partial charge in [-0.2, -0.15) is 0 Å². The Morgan fingerprint density at radius 1 is 0.731 bits per heavy atom. The lowest BCUT2D eigenvalue weighted by atomic mass is 10.1. The fourth-order valence-electron chi connectivity index (χ4n) is 3.16. The van der Waals surface area contributed by atoms with Gasteiger partial charge >= 0.3 is 0 Å². The average molecular weight is 339 g/mol. The number of aromatic nitrogens is 1. The number of para-hydroxylation sites is 2. The Kier molecular flexibility index (Phi) is 5.38. The summed E-state index contributed by atoms with van der Waals surface area (Å²) in [5.74, 6) is 0. The molecule has 130 valence electrons. The minimum atomic E-state index is 0.995. The summed E-state index contributed by atoms with van der Waals surface area (Å²) < 4.78 is 2.21. The third-order valence-electron chi connectivity index (χ3n) is 4.65. The van der Waals surface area contributed by atoms with E-state index in [1.54, 1.807) is 0 Å². The zero-order valence-electron chi connectivity index (χ0n) is 15.7. The lowest BCUT2D eigenvalue weighted by molar-refractivity contribution is 1.24. The highest BCUT2D eigenvalue weighted by Gasteiger charge is 2.09. The molecule has 0 saturated carbocycles. The van der Waals surface area contributed by atoms with Crippen LogP contribution in [-0.2, 0) is 0 Å². The fourth-order valence-corrected chi connectivity index (χ4v) is 3.16. The van der Waals surface area contributed by atoms with Gasteiger partial charge in [-0.15, -0.1) is 0 Å². The van der Waals surface area contributed by atoms with Crippen molar-refractivity contribution in [2.24, 2.45) is 0 Å². The first kappa shape index (κ1) is 17.8. The molecule has 3 aromatic carbocycles. The summed E-state index contributed by atoms with van der Waals surface area (Å²) in [5, 5.41) is 2.55. The van der Waals surface area contributed by atoms with Crippen LogP contribution in [0.2, 0.25) is 0 Å². The number of aryl methyl sites for hydroxylation is 2. The summed E-state index contributed by atoms with van der Waals surface area (Å²) in [4.78, 5) is 0. The maximum absolute atomic E-state index is 4.16. The molecule has 0 amide bonds. The smallest absolute Gasteiger partial charge is 0.0540 e. The van der Waals surface area contributed by atoms with E-state index in [2.05, 4.69) is 97.8 Å². The van der Waals surface area contributed by atoms with E-state index in [9.17, 15) is 0 Å². The number of benzene rings is 3. The molecule has 0 bridgehead atoms. The monoisotopic (exact) mass is 339 g/mol. The molecule has 0 aliphatic carbocycles. The molecule has 0 atom stereocenters. The van der Waals surface area contributed by atoms with Crippen molar-refractivity contribution in [3.63, 3.8) is 0 Å². The van der Waals surface area contributed by atoms with Gasteiger partial charge in [-0.25, -0.2) is 0 Å². The van der Waals surface area contributed by atoms with Gasteiger partial charge in [0.2, 0.25) is 0 Å². The van der Waals surface area contributed by atoms with E-state index in [1.807, 2.05) is 19.1 Å². The van der Waals surface area contributed by atoms with Crippen LogP contribution in [0.3, 0.4) is 0 Å². The second kappa shape index (κ2) is 7.88. The van der Waals surface area contributed by atoms with Crippen LogP contribution in [0.1, 0.15) is 18.1 Å². The first-order chi connectivity index (χ1) is 12.6. The highest BCUT2D eigenvalue weighted by atomic mass is 15.0. The van der Waals surface area contributed by atoms with Gasteiger partial charge in [0.05, 0.1) is 11.0 Å². The van der Waals surface area contributed by atoms with Gasteiger partial charge in [0.1, 0.15) is 0 Å². The van der Waals surface area contributed by atoms with Crippen molar-refractivity contribution in [3.8, 4) is 0 Å². The standard InChI is InChI=1S/C17H15N.C8H10/c1-3-8-13(2)18-16-11-6-4-9-14(16)15-10-5-7-12-17(15)18;1-7-5-3-4-6-8(7)2/h3-12H,2H2,1H3;3-6H,1-2H3/b8-3+;. The molecule has 0 spiro atoms. The Hall–Kier alpha value is -3.06. The van der Waals surface area contributed by atoms with E-state index in [1.165, 1.54) is 32.9 Å². The minimum absolute atomic E-state index is 0.995. The Bertz CT molecular complexity index is 1010. The highest BCUT2D eigenvalue weighted by Crippen LogP contribution is 2.31. The summed E-state index contributed by atoms with van der Waals surface area (Å²) >= 11 is 0. The summed E-state index contributed by atoms with van der Waals surface area (Å²) in [6.07, 6.45) is 4.06. The molecule has 0 unspecified atom stereocenters. The summed E-state index contributed by atoms with van der Waals surface area (Å²) in [6, 6.07) is 25.3. The topological polar surface area (TPSA) is 4.93 Å². The molecule has 1 aromatic heterocycles. The van der Waals surface area contributed by atoms with Crippen molar-refractivity contribution in [1.82, 2.24) is 4.57 Å². The second-order valence-electron chi connectivity index (χ2n) is 6.45. The molecule has 4 rings (SSSR count). The van der Waals surface area contributed by atoms with Crippen LogP contribution in [0.4, 0.5) is 0 Å². The van der Waals surface area contributed by atoms with Gasteiger partial charge in [0, 0.05) is 16.5 Å². The fraction of sp³-hybridized carbons (Fsp3) is 0.120. The third kappa shape index (κ3) is 3.48. The molecular weight excluding hydrogens is 314 g/mol. The van der Waals surface area contributed by atoms with Gasteiger partial charge in [-0.05, 0) is 50.1 Å². The predicted octanol–water partition coefficient (Wildman–Crippen LogP) is 7.14. The van der Waals surface area contributed by atoms with E-state index in [-0.39, 0.29) is 0 Å². The third-order valence-corrected chi connectivity index (χ3v) is 4.65. The number of nitrogens with zero attached hydrogens (tertiary/aromatic N) is 1. The van der Waals surface area contributed by atoms with E-state index in [0.717, 1.165) is 5.70 Å². The summed E-state index contributed by atoms with van der Waals surface area (Å²) in [7, 11) is 0. The van der Waals surface area contributed by atoms with Gasteiger partial charge in [0.25, 0.3) is 0 Å². The molecule has 0 aliphatic heterocycles. The van der Waals surface area contributed by atoms with Crippen LogP contribution in [0.5, 0.6) is 0 Å². The zero-order chi connectivity index (χ0) is 18.5. The van der Waals surface area contributed by atoms with Crippen LogP contribution in [0, 0.1) is 13.8 Å². The molecule has 0 fully saturated rings. The maximum Gasteiger partial charge on any atom is 0.0540 e. The van der Waals surface area contributed by atoms with Gasteiger partial charge in [0.15, 0.2) is 0 Å². The van der Waals surface area contributed by atoms with Gasteiger partial charge in [-0.1, -0.05) is 73.3 Å². The van der Waals surface area contributed by atoms with E-state index in [4.69, 9.17) is 0 Å². The number of hydrogen-bond donors (Lipinski definition) is 0. The van der Waals surface area contributed by atoms with Crippen molar-refractivity contribution < 1.29 is 0 Å². The number of fused-ring (bicyclic) bond motifs is 3. The minimum Gasteiger partial charge on any atom is -0.310 e. The van der Waals surface area contributed by atoms with Crippen LogP contribution >= 0.6 is 0 Å². The molecule has 1 heterocycles.